The average Bonchev–Trinajstić information content (AvgIpc) is 2.87. The largest absolute Gasteiger partial charge is 0.480 e. The molecular formula is C10H16O3S. The van der Waals surface area contributed by atoms with E-state index in [1.54, 1.807) is 11.8 Å². The molecule has 1 saturated carbocycles. The third kappa shape index (κ3) is 2.23. The van der Waals surface area contributed by atoms with Crippen molar-refractivity contribution in [1.82, 2.24) is 0 Å². The van der Waals surface area contributed by atoms with Gasteiger partial charge in [-0.3, -0.25) is 4.79 Å². The smallest absolute Gasteiger partial charge is 0.316 e. The van der Waals surface area contributed by atoms with Gasteiger partial charge in [-0.2, -0.15) is 0 Å². The van der Waals surface area contributed by atoms with Crippen LogP contribution in [0.15, 0.2) is 0 Å². The van der Waals surface area contributed by atoms with Gasteiger partial charge in [-0.15, -0.1) is 11.8 Å². The van der Waals surface area contributed by atoms with Crippen LogP contribution in [0.2, 0.25) is 0 Å². The van der Waals surface area contributed by atoms with Crippen molar-refractivity contribution in [3.8, 4) is 0 Å². The molecule has 1 saturated heterocycles. The average molecular weight is 216 g/mol. The van der Waals surface area contributed by atoms with Crippen molar-refractivity contribution in [2.75, 3.05) is 6.61 Å². The van der Waals surface area contributed by atoms with E-state index in [1.165, 1.54) is 0 Å². The van der Waals surface area contributed by atoms with E-state index in [2.05, 4.69) is 0 Å². The van der Waals surface area contributed by atoms with Crippen LogP contribution in [0.4, 0.5) is 0 Å². The highest BCUT2D eigenvalue weighted by atomic mass is 32.2. The van der Waals surface area contributed by atoms with Crippen LogP contribution in [0.3, 0.4) is 0 Å². The molecule has 1 N–H and O–H groups in total. The molecule has 1 aliphatic heterocycles. The lowest BCUT2D eigenvalue weighted by atomic mass is 10.2. The minimum absolute atomic E-state index is 0.191. The van der Waals surface area contributed by atoms with E-state index >= 15 is 0 Å². The Labute approximate surface area is 88.2 Å². The molecule has 0 aromatic heterocycles. The van der Waals surface area contributed by atoms with Gasteiger partial charge in [0.2, 0.25) is 0 Å². The minimum atomic E-state index is -0.642. The first-order chi connectivity index (χ1) is 6.68. The molecule has 0 spiro atoms. The lowest BCUT2D eigenvalue weighted by Crippen LogP contribution is -2.25. The zero-order valence-electron chi connectivity index (χ0n) is 8.31. The fraction of sp³-hybridized carbons (Fsp3) is 0.900. The summed E-state index contributed by atoms with van der Waals surface area (Å²) < 4.78 is 5.43. The molecule has 14 heavy (non-hydrogen) atoms. The summed E-state index contributed by atoms with van der Waals surface area (Å²) in [6, 6.07) is 0. The van der Waals surface area contributed by atoms with Gasteiger partial charge in [-0.1, -0.05) is 0 Å². The second-order valence-corrected chi connectivity index (χ2v) is 5.52. The summed E-state index contributed by atoms with van der Waals surface area (Å²) in [5, 5.41) is 9.26. The molecule has 3 unspecified atom stereocenters. The monoisotopic (exact) mass is 216 g/mol. The molecule has 1 aliphatic carbocycles. The SMILES string of the molecule is CC1OCCC1SC(C(=O)O)C1CC1. The summed E-state index contributed by atoms with van der Waals surface area (Å²) >= 11 is 1.61. The summed E-state index contributed by atoms with van der Waals surface area (Å²) in [6.45, 7) is 2.83. The second kappa shape index (κ2) is 4.11. The van der Waals surface area contributed by atoms with Gasteiger partial charge >= 0.3 is 5.97 Å². The fourth-order valence-corrected chi connectivity index (χ4v) is 3.37. The van der Waals surface area contributed by atoms with E-state index in [0.717, 1.165) is 25.9 Å². The van der Waals surface area contributed by atoms with Crippen molar-refractivity contribution in [3.05, 3.63) is 0 Å². The van der Waals surface area contributed by atoms with Crippen LogP contribution in [0, 0.1) is 5.92 Å². The Bertz CT molecular complexity index is 227. The zero-order chi connectivity index (χ0) is 10.1. The Morgan fingerprint density at radius 1 is 1.50 bits per heavy atom. The van der Waals surface area contributed by atoms with Gasteiger partial charge in [0.15, 0.2) is 0 Å². The van der Waals surface area contributed by atoms with Gasteiger partial charge in [-0.05, 0) is 32.1 Å². The normalized spacial score (nSPS) is 34.4. The Kier molecular flexibility index (Phi) is 3.02. The number of carboxylic acids is 1. The molecule has 0 aromatic carbocycles. The van der Waals surface area contributed by atoms with Crippen LogP contribution in [-0.4, -0.2) is 34.3 Å². The van der Waals surface area contributed by atoms with E-state index in [-0.39, 0.29) is 11.4 Å². The zero-order valence-corrected chi connectivity index (χ0v) is 9.13. The highest BCUT2D eigenvalue weighted by Crippen LogP contribution is 2.42. The van der Waals surface area contributed by atoms with Crippen molar-refractivity contribution in [3.63, 3.8) is 0 Å². The maximum atomic E-state index is 11.0. The van der Waals surface area contributed by atoms with Gasteiger partial charge in [0.05, 0.1) is 6.10 Å². The van der Waals surface area contributed by atoms with E-state index in [0.29, 0.717) is 11.2 Å². The number of carbonyl (C=O) groups is 1. The lowest BCUT2D eigenvalue weighted by molar-refractivity contribution is -0.136. The third-order valence-electron chi connectivity index (χ3n) is 2.92. The molecule has 4 heteroatoms. The second-order valence-electron chi connectivity index (χ2n) is 4.14. The van der Waals surface area contributed by atoms with Crippen molar-refractivity contribution in [1.29, 1.82) is 0 Å². The number of rotatable bonds is 4. The molecule has 0 amide bonds. The number of thioether (sulfide) groups is 1. The summed E-state index contributed by atoms with van der Waals surface area (Å²) in [5.41, 5.74) is 0. The highest BCUT2D eigenvalue weighted by molar-refractivity contribution is 8.01. The quantitative estimate of drug-likeness (QED) is 0.778. The Morgan fingerprint density at radius 3 is 2.64 bits per heavy atom. The van der Waals surface area contributed by atoms with Gasteiger partial charge in [0.25, 0.3) is 0 Å². The Balaban J connectivity index is 1.89. The van der Waals surface area contributed by atoms with Crippen LogP contribution in [0.1, 0.15) is 26.2 Å². The van der Waals surface area contributed by atoms with Crippen LogP contribution in [-0.2, 0) is 9.53 Å². The Hall–Kier alpha value is -0.220. The van der Waals surface area contributed by atoms with Crippen LogP contribution in [0.5, 0.6) is 0 Å². The fourth-order valence-electron chi connectivity index (χ4n) is 1.85. The van der Waals surface area contributed by atoms with Crippen LogP contribution >= 0.6 is 11.8 Å². The molecule has 3 nitrogen and oxygen atoms in total. The number of hydrogen-bond acceptors (Lipinski definition) is 3. The van der Waals surface area contributed by atoms with Gasteiger partial charge in [0.1, 0.15) is 5.25 Å². The van der Waals surface area contributed by atoms with Crippen LogP contribution < -0.4 is 0 Å². The van der Waals surface area contributed by atoms with Crippen molar-refractivity contribution in [2.24, 2.45) is 5.92 Å². The first kappa shape index (κ1) is 10.3. The number of aliphatic carboxylic acids is 1. The number of carboxylic acid groups (broad SMARTS) is 1. The standard InChI is InChI=1S/C10H16O3S/c1-6-8(4-5-13-6)14-9(10(11)12)7-2-3-7/h6-9H,2-5H2,1H3,(H,11,12). The molecular weight excluding hydrogens is 200 g/mol. The molecule has 0 aromatic rings. The summed E-state index contributed by atoms with van der Waals surface area (Å²) in [4.78, 5) is 11.0. The number of ether oxygens (including phenoxy) is 1. The topological polar surface area (TPSA) is 46.5 Å². The predicted molar refractivity (Wildman–Crippen MR) is 55.6 cm³/mol. The van der Waals surface area contributed by atoms with Crippen LogP contribution in [0.25, 0.3) is 0 Å². The molecule has 2 fully saturated rings. The molecule has 0 bridgehead atoms. The molecule has 2 aliphatic rings. The molecule has 2 rings (SSSR count). The van der Waals surface area contributed by atoms with Gasteiger partial charge in [-0.25, -0.2) is 0 Å². The van der Waals surface area contributed by atoms with Crippen molar-refractivity contribution < 1.29 is 14.6 Å². The Morgan fingerprint density at radius 2 is 2.21 bits per heavy atom. The summed E-state index contributed by atoms with van der Waals surface area (Å²) in [6.07, 6.45) is 3.40. The molecule has 3 atom stereocenters. The van der Waals surface area contributed by atoms with E-state index in [9.17, 15) is 4.79 Å². The predicted octanol–water partition coefficient (Wildman–Crippen LogP) is 1.76. The van der Waals surface area contributed by atoms with Gasteiger partial charge < -0.3 is 9.84 Å². The summed E-state index contributed by atoms with van der Waals surface area (Å²) in [5.74, 6) is -0.220. The molecule has 0 radical (unpaired) electrons. The highest BCUT2D eigenvalue weighted by Gasteiger charge is 2.40. The first-order valence-electron chi connectivity index (χ1n) is 5.18. The van der Waals surface area contributed by atoms with Gasteiger partial charge in [0, 0.05) is 11.9 Å². The van der Waals surface area contributed by atoms with E-state index < -0.39 is 5.97 Å². The molecule has 80 valence electrons. The summed E-state index contributed by atoms with van der Waals surface area (Å²) in [7, 11) is 0. The lowest BCUT2D eigenvalue weighted by Gasteiger charge is -2.18. The maximum absolute atomic E-state index is 11.0. The van der Waals surface area contributed by atoms with E-state index in [1.807, 2.05) is 6.92 Å². The van der Waals surface area contributed by atoms with Crippen molar-refractivity contribution in [2.45, 2.75) is 42.8 Å². The third-order valence-corrected chi connectivity index (χ3v) is 4.77. The van der Waals surface area contributed by atoms with Crippen molar-refractivity contribution >= 4 is 17.7 Å². The minimum Gasteiger partial charge on any atom is -0.480 e. The first-order valence-corrected chi connectivity index (χ1v) is 6.12. The molecule has 1 heterocycles. The number of hydrogen-bond donors (Lipinski definition) is 1. The van der Waals surface area contributed by atoms with E-state index in [4.69, 9.17) is 9.84 Å². The maximum Gasteiger partial charge on any atom is 0.316 e.